The van der Waals surface area contributed by atoms with E-state index < -0.39 is 0 Å². The molecule has 1 aliphatic rings. The molecule has 2 aromatic rings. The average molecular weight is 298 g/mol. The van der Waals surface area contributed by atoms with Crippen LogP contribution in [0.1, 0.15) is 12.0 Å². The molecule has 0 spiro atoms. The fraction of sp³-hybridized carbons (Fsp3) is 0.333. The van der Waals surface area contributed by atoms with Crippen molar-refractivity contribution >= 4 is 11.4 Å². The minimum atomic E-state index is 0.704. The molecule has 0 atom stereocenters. The summed E-state index contributed by atoms with van der Waals surface area (Å²) in [7, 11) is 0. The minimum Gasteiger partial charge on any atom is -0.494 e. The number of hydrogen-bond donors (Lipinski definition) is 1. The summed E-state index contributed by atoms with van der Waals surface area (Å²) in [6.45, 7) is 5.35. The summed E-state index contributed by atoms with van der Waals surface area (Å²) >= 11 is 0. The van der Waals surface area contributed by atoms with E-state index in [9.17, 15) is 0 Å². The number of fused-ring (bicyclic) bond motifs is 1. The van der Waals surface area contributed by atoms with Crippen LogP contribution >= 0.6 is 0 Å². The molecule has 0 saturated carbocycles. The molecule has 0 radical (unpaired) electrons. The highest BCUT2D eigenvalue weighted by atomic mass is 16.5. The molecule has 116 valence electrons. The number of rotatable bonds is 5. The second kappa shape index (κ2) is 6.60. The van der Waals surface area contributed by atoms with Crippen LogP contribution in [0.5, 0.6) is 11.5 Å². The molecule has 4 nitrogen and oxygen atoms in total. The first-order chi connectivity index (χ1) is 10.7. The average Bonchev–Trinajstić information content (AvgIpc) is 2.53. The summed E-state index contributed by atoms with van der Waals surface area (Å²) in [5, 5.41) is 0. The topological polar surface area (TPSA) is 47.7 Å². The number of nitrogen functional groups attached to an aromatic ring is 1. The van der Waals surface area contributed by atoms with Gasteiger partial charge in [-0.25, -0.2) is 0 Å². The van der Waals surface area contributed by atoms with Gasteiger partial charge in [-0.3, -0.25) is 0 Å². The highest BCUT2D eigenvalue weighted by Gasteiger charge is 2.17. The molecule has 0 fully saturated rings. The molecule has 0 bridgehead atoms. The Bertz CT molecular complexity index is 625. The first kappa shape index (κ1) is 14.6. The molecular weight excluding hydrogens is 276 g/mol. The van der Waals surface area contributed by atoms with Crippen LogP contribution in [-0.4, -0.2) is 26.3 Å². The lowest BCUT2D eigenvalue weighted by atomic mass is 10.2. The van der Waals surface area contributed by atoms with Crippen LogP contribution < -0.4 is 20.1 Å². The SMILES string of the molecule is Cc1ccc(OCCCN2CCOc3cc(N)ccc32)cc1. The molecule has 2 N–H and O–H groups in total. The van der Waals surface area contributed by atoms with Gasteiger partial charge in [0.1, 0.15) is 18.1 Å². The monoisotopic (exact) mass is 298 g/mol. The predicted octanol–water partition coefficient (Wildman–Crippen LogP) is 3.25. The Hall–Kier alpha value is -2.36. The minimum absolute atomic E-state index is 0.704. The van der Waals surface area contributed by atoms with Gasteiger partial charge < -0.3 is 20.1 Å². The summed E-state index contributed by atoms with van der Waals surface area (Å²) in [6.07, 6.45) is 0.970. The smallest absolute Gasteiger partial charge is 0.144 e. The maximum Gasteiger partial charge on any atom is 0.144 e. The molecule has 2 aromatic carbocycles. The lowest BCUT2D eigenvalue weighted by Crippen LogP contribution is -2.34. The van der Waals surface area contributed by atoms with Gasteiger partial charge in [0.15, 0.2) is 0 Å². The third kappa shape index (κ3) is 3.45. The van der Waals surface area contributed by atoms with Crippen molar-refractivity contribution in [3.8, 4) is 11.5 Å². The normalized spacial score (nSPS) is 13.4. The van der Waals surface area contributed by atoms with Gasteiger partial charge in [-0.15, -0.1) is 0 Å². The van der Waals surface area contributed by atoms with Crippen LogP contribution in [0.15, 0.2) is 42.5 Å². The van der Waals surface area contributed by atoms with E-state index in [0.717, 1.165) is 42.4 Å². The van der Waals surface area contributed by atoms with E-state index in [1.807, 2.05) is 30.3 Å². The van der Waals surface area contributed by atoms with Gasteiger partial charge in [0.05, 0.1) is 18.8 Å². The number of nitrogens with zero attached hydrogens (tertiary/aromatic N) is 1. The molecular formula is C18H22N2O2. The van der Waals surface area contributed by atoms with Gasteiger partial charge in [0.2, 0.25) is 0 Å². The molecule has 1 heterocycles. The van der Waals surface area contributed by atoms with E-state index in [-0.39, 0.29) is 0 Å². The molecule has 0 saturated heterocycles. The Morgan fingerprint density at radius 1 is 1.18 bits per heavy atom. The zero-order valence-corrected chi connectivity index (χ0v) is 12.9. The van der Waals surface area contributed by atoms with E-state index in [1.165, 1.54) is 5.56 Å². The number of ether oxygens (including phenoxy) is 2. The Kier molecular flexibility index (Phi) is 4.37. The Morgan fingerprint density at radius 2 is 2.00 bits per heavy atom. The molecule has 22 heavy (non-hydrogen) atoms. The third-order valence-corrected chi connectivity index (χ3v) is 3.81. The van der Waals surface area contributed by atoms with Gasteiger partial charge in [0, 0.05) is 18.3 Å². The van der Waals surface area contributed by atoms with Crippen LogP contribution in [-0.2, 0) is 0 Å². The molecule has 0 aliphatic carbocycles. The van der Waals surface area contributed by atoms with Crippen LogP contribution in [0.25, 0.3) is 0 Å². The maximum atomic E-state index is 5.81. The van der Waals surface area contributed by atoms with Crippen molar-refractivity contribution in [2.24, 2.45) is 0 Å². The number of benzene rings is 2. The van der Waals surface area contributed by atoms with E-state index in [0.29, 0.717) is 13.2 Å². The summed E-state index contributed by atoms with van der Waals surface area (Å²) in [6, 6.07) is 14.0. The van der Waals surface area contributed by atoms with E-state index in [1.54, 1.807) is 0 Å². The summed E-state index contributed by atoms with van der Waals surface area (Å²) < 4.78 is 11.4. The molecule has 1 aliphatic heterocycles. The molecule has 3 rings (SSSR count). The molecule has 0 aromatic heterocycles. The zero-order chi connectivity index (χ0) is 15.4. The second-order valence-corrected chi connectivity index (χ2v) is 5.58. The van der Waals surface area contributed by atoms with Crippen LogP contribution in [0.3, 0.4) is 0 Å². The quantitative estimate of drug-likeness (QED) is 0.680. The summed E-state index contributed by atoms with van der Waals surface area (Å²) in [5.74, 6) is 1.81. The predicted molar refractivity (Wildman–Crippen MR) is 89.9 cm³/mol. The highest BCUT2D eigenvalue weighted by molar-refractivity contribution is 5.65. The van der Waals surface area contributed by atoms with Crippen molar-refractivity contribution in [3.63, 3.8) is 0 Å². The third-order valence-electron chi connectivity index (χ3n) is 3.81. The highest BCUT2D eigenvalue weighted by Crippen LogP contribution is 2.33. The maximum absolute atomic E-state index is 5.81. The Balaban J connectivity index is 1.51. The van der Waals surface area contributed by atoms with Crippen molar-refractivity contribution in [2.45, 2.75) is 13.3 Å². The van der Waals surface area contributed by atoms with E-state index >= 15 is 0 Å². The van der Waals surface area contributed by atoms with E-state index in [4.69, 9.17) is 15.2 Å². The molecule has 4 heteroatoms. The van der Waals surface area contributed by atoms with Gasteiger partial charge >= 0.3 is 0 Å². The fourth-order valence-corrected chi connectivity index (χ4v) is 2.61. The van der Waals surface area contributed by atoms with Gasteiger partial charge in [0.25, 0.3) is 0 Å². The first-order valence-corrected chi connectivity index (χ1v) is 7.69. The number of aryl methyl sites for hydroxylation is 1. The number of anilines is 2. The summed E-state index contributed by atoms with van der Waals surface area (Å²) in [5.41, 5.74) is 8.91. The largest absolute Gasteiger partial charge is 0.494 e. The van der Waals surface area contributed by atoms with E-state index in [2.05, 4.69) is 24.0 Å². The van der Waals surface area contributed by atoms with Gasteiger partial charge in [-0.2, -0.15) is 0 Å². The fourth-order valence-electron chi connectivity index (χ4n) is 2.61. The molecule has 0 amide bonds. The lowest BCUT2D eigenvalue weighted by Gasteiger charge is -2.31. The van der Waals surface area contributed by atoms with Crippen LogP contribution in [0.4, 0.5) is 11.4 Å². The van der Waals surface area contributed by atoms with Crippen LogP contribution in [0.2, 0.25) is 0 Å². The summed E-state index contributed by atoms with van der Waals surface area (Å²) in [4.78, 5) is 2.33. The number of hydrogen-bond acceptors (Lipinski definition) is 4. The van der Waals surface area contributed by atoms with Crippen molar-refractivity contribution in [1.29, 1.82) is 0 Å². The Morgan fingerprint density at radius 3 is 2.82 bits per heavy atom. The second-order valence-electron chi connectivity index (χ2n) is 5.58. The van der Waals surface area contributed by atoms with Gasteiger partial charge in [-0.05, 0) is 37.6 Å². The number of nitrogens with two attached hydrogens (primary N) is 1. The van der Waals surface area contributed by atoms with Crippen LogP contribution in [0, 0.1) is 6.92 Å². The van der Waals surface area contributed by atoms with Crippen molar-refractivity contribution in [1.82, 2.24) is 0 Å². The Labute approximate surface area is 131 Å². The lowest BCUT2D eigenvalue weighted by molar-refractivity contribution is 0.293. The van der Waals surface area contributed by atoms with Crippen molar-refractivity contribution in [2.75, 3.05) is 36.9 Å². The zero-order valence-electron chi connectivity index (χ0n) is 12.9. The first-order valence-electron chi connectivity index (χ1n) is 7.69. The van der Waals surface area contributed by atoms with Gasteiger partial charge in [-0.1, -0.05) is 17.7 Å². The van der Waals surface area contributed by atoms with Crippen molar-refractivity contribution < 1.29 is 9.47 Å². The van der Waals surface area contributed by atoms with Crippen molar-refractivity contribution in [3.05, 3.63) is 48.0 Å². The molecule has 0 unspecified atom stereocenters. The standard InChI is InChI=1S/C18H22N2O2/c1-14-3-6-16(7-4-14)21-11-2-9-20-10-12-22-18-13-15(19)5-8-17(18)20/h3-8,13H,2,9-12,19H2,1H3.